The monoisotopic (exact) mass is 495 g/mol. The molecule has 0 aromatic heterocycles. The highest BCUT2D eigenvalue weighted by Crippen LogP contribution is 2.40. The minimum Gasteiger partial charge on any atom is -0.445 e. The molecule has 3 rings (SSSR count). The third-order valence-corrected chi connectivity index (χ3v) is 6.10. The normalized spacial score (nSPS) is 17.5. The van der Waals surface area contributed by atoms with E-state index in [2.05, 4.69) is 5.32 Å². The van der Waals surface area contributed by atoms with Gasteiger partial charge in [0.05, 0.1) is 16.8 Å². The zero-order valence-corrected chi connectivity index (χ0v) is 20.1. The van der Waals surface area contributed by atoms with Crippen LogP contribution in [0.25, 0.3) is 6.08 Å². The molecular formula is C24H26BClF3NO4. The third kappa shape index (κ3) is 6.34. The number of hydrogen-bond acceptors (Lipinski definition) is 4. The van der Waals surface area contributed by atoms with Crippen LogP contribution < -0.4 is 5.32 Å². The molecular weight excluding hydrogens is 470 g/mol. The third-order valence-electron chi connectivity index (χ3n) is 5.87. The summed E-state index contributed by atoms with van der Waals surface area (Å²) in [7, 11) is -0.987. The number of hydrogen-bond donors (Lipinski definition) is 1. The predicted octanol–water partition coefficient (Wildman–Crippen LogP) is 6.30. The Morgan fingerprint density at radius 3 is 2.29 bits per heavy atom. The van der Waals surface area contributed by atoms with E-state index in [-0.39, 0.29) is 29.2 Å². The largest absolute Gasteiger partial charge is 0.492 e. The van der Waals surface area contributed by atoms with E-state index in [1.54, 1.807) is 12.1 Å². The molecule has 182 valence electrons. The molecule has 1 heterocycles. The van der Waals surface area contributed by atoms with Crippen LogP contribution in [0.5, 0.6) is 0 Å². The zero-order chi connectivity index (χ0) is 25.1. The molecule has 5 nitrogen and oxygen atoms in total. The van der Waals surface area contributed by atoms with Gasteiger partial charge in [-0.3, -0.25) is 0 Å². The molecule has 34 heavy (non-hydrogen) atoms. The quantitative estimate of drug-likeness (QED) is 0.478. The maximum absolute atomic E-state index is 13.6. The Balaban J connectivity index is 1.85. The van der Waals surface area contributed by atoms with Crippen molar-refractivity contribution in [3.05, 3.63) is 75.7 Å². The van der Waals surface area contributed by atoms with Gasteiger partial charge in [0.1, 0.15) is 6.61 Å². The lowest BCUT2D eigenvalue weighted by molar-refractivity contribution is -0.137. The minimum absolute atomic E-state index is 0.0503. The van der Waals surface area contributed by atoms with Gasteiger partial charge in [0, 0.05) is 11.6 Å². The summed E-state index contributed by atoms with van der Waals surface area (Å²) in [5.74, 6) is 0. The number of ether oxygens (including phenoxy) is 1. The van der Waals surface area contributed by atoms with E-state index in [1.165, 1.54) is 18.2 Å². The van der Waals surface area contributed by atoms with E-state index in [1.807, 2.05) is 45.9 Å². The Morgan fingerprint density at radius 1 is 1.09 bits per heavy atom. The van der Waals surface area contributed by atoms with E-state index in [9.17, 15) is 18.0 Å². The first kappa shape index (κ1) is 26.1. The molecule has 0 radical (unpaired) electrons. The summed E-state index contributed by atoms with van der Waals surface area (Å²) in [6, 6.07) is 12.4. The first-order valence-electron chi connectivity index (χ1n) is 10.7. The average molecular weight is 496 g/mol. The van der Waals surface area contributed by atoms with Crippen molar-refractivity contribution in [3.8, 4) is 0 Å². The lowest BCUT2D eigenvalue weighted by Gasteiger charge is -2.32. The van der Waals surface area contributed by atoms with E-state index < -0.39 is 36.2 Å². The molecule has 1 N–H and O–H groups in total. The number of halogens is 4. The van der Waals surface area contributed by atoms with Gasteiger partial charge in [0.2, 0.25) is 0 Å². The van der Waals surface area contributed by atoms with Crippen molar-refractivity contribution in [1.82, 2.24) is 5.32 Å². The van der Waals surface area contributed by atoms with E-state index in [0.29, 0.717) is 0 Å². The fraction of sp³-hybridized carbons (Fsp3) is 0.375. The molecule has 0 atom stereocenters. The number of nitrogens with one attached hydrogen (secondary N) is 1. The molecule has 0 saturated carbocycles. The number of alkyl halides is 3. The van der Waals surface area contributed by atoms with Crippen LogP contribution in [0.4, 0.5) is 18.0 Å². The number of benzene rings is 2. The second-order valence-corrected chi connectivity index (χ2v) is 9.39. The van der Waals surface area contributed by atoms with Gasteiger partial charge in [-0.2, -0.15) is 13.2 Å². The lowest BCUT2D eigenvalue weighted by Crippen LogP contribution is -2.41. The lowest BCUT2D eigenvalue weighted by atomic mass is 9.76. The van der Waals surface area contributed by atoms with Gasteiger partial charge in [0.25, 0.3) is 0 Å². The number of carbonyl (C=O) groups excluding carboxylic acids is 1. The van der Waals surface area contributed by atoms with E-state index in [0.717, 1.165) is 11.6 Å². The van der Waals surface area contributed by atoms with Crippen molar-refractivity contribution in [1.29, 1.82) is 0 Å². The SMILES string of the molecule is CC1(C)OB(C(=Cc2cc(Cl)ccc2C(F)(F)F)CNC(=O)OCc2ccccc2)OC1(C)C. The Bertz CT molecular complexity index is 1040. The molecule has 1 amide bonds. The summed E-state index contributed by atoms with van der Waals surface area (Å²) in [4.78, 5) is 12.3. The molecule has 1 aliphatic heterocycles. The first-order valence-corrected chi connectivity index (χ1v) is 11.0. The van der Waals surface area contributed by atoms with Crippen LogP contribution in [0.15, 0.2) is 54.0 Å². The molecule has 10 heteroatoms. The topological polar surface area (TPSA) is 56.8 Å². The molecule has 2 aromatic rings. The van der Waals surface area contributed by atoms with Crippen LogP contribution in [0.2, 0.25) is 5.02 Å². The number of amides is 1. The highest BCUT2D eigenvalue weighted by Gasteiger charge is 2.52. The Kier molecular flexibility index (Phi) is 7.70. The summed E-state index contributed by atoms with van der Waals surface area (Å²) in [5, 5.41) is 2.72. The van der Waals surface area contributed by atoms with Gasteiger partial charge in [-0.25, -0.2) is 4.79 Å². The maximum atomic E-state index is 13.6. The molecule has 0 bridgehead atoms. The second kappa shape index (κ2) is 10.0. The molecule has 2 aromatic carbocycles. The van der Waals surface area contributed by atoms with Crippen molar-refractivity contribution in [3.63, 3.8) is 0 Å². The van der Waals surface area contributed by atoms with Crippen molar-refractivity contribution >= 4 is 30.9 Å². The van der Waals surface area contributed by atoms with Crippen molar-refractivity contribution in [2.45, 2.75) is 51.7 Å². The van der Waals surface area contributed by atoms with Crippen LogP contribution in [0.3, 0.4) is 0 Å². The first-order chi connectivity index (χ1) is 15.8. The fourth-order valence-electron chi connectivity index (χ4n) is 3.26. The van der Waals surface area contributed by atoms with Crippen LogP contribution in [0, 0.1) is 0 Å². The van der Waals surface area contributed by atoms with Gasteiger partial charge in [-0.05, 0) is 62.5 Å². The maximum Gasteiger partial charge on any atom is 0.492 e. The molecule has 0 unspecified atom stereocenters. The standard InChI is InChI=1S/C24H26BClF3NO4/c1-22(2)23(3,4)34-25(33-22)18(12-17-13-19(26)10-11-20(17)24(27,28)29)14-30-21(31)32-15-16-8-6-5-7-9-16/h5-13H,14-15H2,1-4H3,(H,30,31). The van der Waals surface area contributed by atoms with Gasteiger partial charge in [0.15, 0.2) is 0 Å². The summed E-state index contributed by atoms with van der Waals surface area (Å²) >= 11 is 5.98. The number of alkyl carbamates (subject to hydrolysis) is 1. The van der Waals surface area contributed by atoms with Gasteiger partial charge < -0.3 is 19.4 Å². The number of rotatable bonds is 6. The minimum atomic E-state index is -4.60. The highest BCUT2D eigenvalue weighted by atomic mass is 35.5. The Labute approximate surface area is 202 Å². The van der Waals surface area contributed by atoms with Crippen LogP contribution in [-0.2, 0) is 26.8 Å². The smallest absolute Gasteiger partial charge is 0.445 e. The fourth-order valence-corrected chi connectivity index (χ4v) is 3.44. The van der Waals surface area contributed by atoms with E-state index >= 15 is 0 Å². The Hall–Kier alpha value is -2.49. The molecule has 1 saturated heterocycles. The highest BCUT2D eigenvalue weighted by molar-refractivity contribution is 6.56. The molecule has 1 fully saturated rings. The summed E-state index contributed by atoms with van der Waals surface area (Å²) in [6.45, 7) is 7.20. The van der Waals surface area contributed by atoms with Gasteiger partial charge in [-0.15, -0.1) is 0 Å². The second-order valence-electron chi connectivity index (χ2n) is 8.95. The molecule has 0 spiro atoms. The van der Waals surface area contributed by atoms with E-state index in [4.69, 9.17) is 25.6 Å². The average Bonchev–Trinajstić information content (AvgIpc) is 2.96. The molecule has 0 aliphatic carbocycles. The number of carbonyl (C=O) groups is 1. The van der Waals surface area contributed by atoms with Crippen LogP contribution >= 0.6 is 11.6 Å². The van der Waals surface area contributed by atoms with Crippen LogP contribution in [0.1, 0.15) is 44.4 Å². The van der Waals surface area contributed by atoms with Crippen LogP contribution in [-0.4, -0.2) is 31.0 Å². The zero-order valence-electron chi connectivity index (χ0n) is 19.3. The predicted molar refractivity (Wildman–Crippen MR) is 125 cm³/mol. The molecule has 1 aliphatic rings. The van der Waals surface area contributed by atoms with Crippen molar-refractivity contribution < 1.29 is 32.0 Å². The van der Waals surface area contributed by atoms with Gasteiger partial charge in [-0.1, -0.05) is 48.0 Å². The summed E-state index contributed by atoms with van der Waals surface area (Å²) < 4.78 is 58.1. The van der Waals surface area contributed by atoms with Crippen molar-refractivity contribution in [2.75, 3.05) is 6.54 Å². The van der Waals surface area contributed by atoms with Gasteiger partial charge >= 0.3 is 19.4 Å². The summed E-state index contributed by atoms with van der Waals surface area (Å²) in [6.07, 6.45) is -4.04. The van der Waals surface area contributed by atoms with Crippen molar-refractivity contribution in [2.24, 2.45) is 0 Å². The summed E-state index contributed by atoms with van der Waals surface area (Å²) in [5.41, 5.74) is -1.41. The Morgan fingerprint density at radius 2 is 1.71 bits per heavy atom.